The highest BCUT2D eigenvalue weighted by Gasteiger charge is 2.44. The van der Waals surface area contributed by atoms with Crippen molar-refractivity contribution in [2.45, 2.75) is 25.8 Å². The topological polar surface area (TPSA) is 77.6 Å². The van der Waals surface area contributed by atoms with Gasteiger partial charge >= 0.3 is 0 Å². The number of carbonyl (C=O) groups excluding carboxylic acids is 2. The van der Waals surface area contributed by atoms with Crippen LogP contribution in [0, 0.1) is 5.82 Å². The summed E-state index contributed by atoms with van der Waals surface area (Å²) in [6.45, 7) is 7.30. The number of anilines is 3. The first-order valence-corrected chi connectivity index (χ1v) is 15.3. The minimum absolute atomic E-state index is 0.0329. The average molecular weight is 620 g/mol. The van der Waals surface area contributed by atoms with Crippen molar-refractivity contribution in [1.82, 2.24) is 9.80 Å². The van der Waals surface area contributed by atoms with Crippen molar-refractivity contribution in [2.75, 3.05) is 68.1 Å². The summed E-state index contributed by atoms with van der Waals surface area (Å²) in [5.74, 6) is 0.668. The molecule has 0 bridgehead atoms. The molecule has 0 radical (unpaired) electrons. The van der Waals surface area contributed by atoms with Crippen molar-refractivity contribution in [3.63, 3.8) is 0 Å². The van der Waals surface area contributed by atoms with Gasteiger partial charge in [-0.2, -0.15) is 0 Å². The lowest BCUT2D eigenvalue weighted by Gasteiger charge is -2.36. The number of thiocarbonyl (C=S) groups is 1. The number of nitrogens with zero attached hydrogens (tertiary/aromatic N) is 4. The molecule has 2 saturated heterocycles. The number of methoxy groups -OCH3 is 1. The summed E-state index contributed by atoms with van der Waals surface area (Å²) in [7, 11) is 1.58. The van der Waals surface area contributed by atoms with E-state index in [-0.39, 0.29) is 24.1 Å². The number of rotatable bonds is 12. The fraction of sp³-hybridized carbons (Fsp3) is 0.364. The van der Waals surface area contributed by atoms with E-state index in [2.05, 4.69) is 15.1 Å². The van der Waals surface area contributed by atoms with Crippen LogP contribution in [-0.2, 0) is 9.59 Å². The number of hydrogen-bond acceptors (Lipinski definition) is 7. The van der Waals surface area contributed by atoms with Crippen LogP contribution in [0.4, 0.5) is 21.5 Å². The second kappa shape index (κ2) is 14.5. The number of halogens is 1. The molecule has 0 spiro atoms. The Morgan fingerprint density at radius 3 is 2.18 bits per heavy atom. The van der Waals surface area contributed by atoms with Gasteiger partial charge in [-0.15, -0.1) is 0 Å². The number of piperazine rings is 1. The molecule has 2 aliphatic heterocycles. The van der Waals surface area contributed by atoms with Gasteiger partial charge in [-0.3, -0.25) is 19.4 Å². The highest BCUT2D eigenvalue weighted by molar-refractivity contribution is 7.80. The van der Waals surface area contributed by atoms with Gasteiger partial charge in [0.2, 0.25) is 5.91 Å². The van der Waals surface area contributed by atoms with Gasteiger partial charge < -0.3 is 24.6 Å². The lowest BCUT2D eigenvalue weighted by Crippen LogP contribution is -2.47. The van der Waals surface area contributed by atoms with E-state index in [1.807, 2.05) is 48.2 Å². The van der Waals surface area contributed by atoms with E-state index in [1.165, 1.54) is 17.0 Å². The minimum atomic E-state index is -0.720. The number of hydrogen-bond donors (Lipinski definition) is 1. The molecule has 0 aromatic heterocycles. The number of amides is 2. The average Bonchev–Trinajstić information content (AvgIpc) is 3.26. The maximum atomic E-state index is 13.8. The van der Waals surface area contributed by atoms with Gasteiger partial charge in [0.1, 0.15) is 23.4 Å². The molecule has 9 nitrogen and oxygen atoms in total. The van der Waals surface area contributed by atoms with E-state index < -0.39 is 6.04 Å². The summed E-state index contributed by atoms with van der Waals surface area (Å²) in [6.07, 6.45) is 0.743. The largest absolute Gasteiger partial charge is 0.497 e. The van der Waals surface area contributed by atoms with Crippen LogP contribution < -0.4 is 24.6 Å². The van der Waals surface area contributed by atoms with Crippen LogP contribution in [-0.4, -0.2) is 85.8 Å². The van der Waals surface area contributed by atoms with E-state index in [0.29, 0.717) is 41.1 Å². The summed E-state index contributed by atoms with van der Waals surface area (Å²) in [5, 5.41) is 3.29. The van der Waals surface area contributed by atoms with Crippen molar-refractivity contribution in [2.24, 2.45) is 0 Å². The summed E-state index contributed by atoms with van der Waals surface area (Å²) >= 11 is 5.85. The van der Waals surface area contributed by atoms with Gasteiger partial charge in [0.15, 0.2) is 5.11 Å². The van der Waals surface area contributed by atoms with Crippen molar-refractivity contribution in [3.05, 3.63) is 78.6 Å². The van der Waals surface area contributed by atoms with Gasteiger partial charge in [-0.25, -0.2) is 4.39 Å². The Balaban J connectivity index is 1.23. The lowest BCUT2D eigenvalue weighted by molar-refractivity contribution is -0.124. The van der Waals surface area contributed by atoms with Crippen molar-refractivity contribution in [3.8, 4) is 11.5 Å². The normalized spacial score (nSPS) is 17.2. The van der Waals surface area contributed by atoms with Gasteiger partial charge in [0.05, 0.1) is 25.8 Å². The molecule has 3 aromatic carbocycles. The number of carbonyl (C=O) groups is 2. The molecule has 2 heterocycles. The highest BCUT2D eigenvalue weighted by atomic mass is 32.1. The molecule has 0 aliphatic carbocycles. The van der Waals surface area contributed by atoms with Crippen molar-refractivity contribution >= 4 is 46.2 Å². The number of ether oxygens (including phenoxy) is 2. The van der Waals surface area contributed by atoms with E-state index in [0.717, 1.165) is 44.8 Å². The zero-order chi connectivity index (χ0) is 31.1. The second-order valence-corrected chi connectivity index (χ2v) is 11.1. The lowest BCUT2D eigenvalue weighted by atomic mass is 10.1. The predicted molar refractivity (Wildman–Crippen MR) is 174 cm³/mol. The van der Waals surface area contributed by atoms with E-state index in [1.54, 1.807) is 31.4 Å². The summed E-state index contributed by atoms with van der Waals surface area (Å²) in [4.78, 5) is 35.0. The molecule has 5 rings (SSSR count). The molecule has 11 heteroatoms. The third-order valence-electron chi connectivity index (χ3n) is 7.91. The Hall–Kier alpha value is -4.22. The standard InChI is InChI=1S/C33H38FN5O4S/c1-3-43-29-15-11-27(12-16-29)39-32(41)30(23-31(40)35-25-7-13-28(42-2)14-8-25)38(33(39)44)18-4-17-36-19-21-37(22-20-36)26-9-5-24(34)6-10-26/h5-16,30H,3-4,17-23H2,1-2H3,(H,35,40)/t30-/m1/s1. The Kier molecular flexibility index (Phi) is 10.3. The Labute approximate surface area is 263 Å². The van der Waals surface area contributed by atoms with E-state index in [9.17, 15) is 14.0 Å². The zero-order valence-electron chi connectivity index (χ0n) is 25.1. The van der Waals surface area contributed by atoms with Crippen molar-refractivity contribution in [1.29, 1.82) is 0 Å². The molecular formula is C33H38FN5O4S. The van der Waals surface area contributed by atoms with Gasteiger partial charge in [0, 0.05) is 44.1 Å². The van der Waals surface area contributed by atoms with E-state index >= 15 is 0 Å². The minimum Gasteiger partial charge on any atom is -0.497 e. The summed E-state index contributed by atoms with van der Waals surface area (Å²) in [5.41, 5.74) is 2.29. The van der Waals surface area contributed by atoms with Crippen LogP contribution >= 0.6 is 12.2 Å². The Bertz CT molecular complexity index is 1430. The molecule has 2 fully saturated rings. The van der Waals surface area contributed by atoms with Gasteiger partial charge in [0.25, 0.3) is 5.91 Å². The maximum absolute atomic E-state index is 13.8. The van der Waals surface area contributed by atoms with Gasteiger partial charge in [-0.05, 0) is 105 Å². The molecule has 2 aliphatic rings. The molecule has 1 atom stereocenters. The highest BCUT2D eigenvalue weighted by Crippen LogP contribution is 2.29. The molecule has 44 heavy (non-hydrogen) atoms. The molecule has 0 saturated carbocycles. The third-order valence-corrected chi connectivity index (χ3v) is 8.33. The fourth-order valence-electron chi connectivity index (χ4n) is 5.59. The van der Waals surface area contributed by atoms with Gasteiger partial charge in [-0.1, -0.05) is 0 Å². The quantitative estimate of drug-likeness (QED) is 0.291. The van der Waals surface area contributed by atoms with Crippen LogP contribution in [0.2, 0.25) is 0 Å². The smallest absolute Gasteiger partial charge is 0.256 e. The van der Waals surface area contributed by atoms with Crippen LogP contribution in [0.25, 0.3) is 0 Å². The first kappa shape index (κ1) is 31.2. The molecule has 0 unspecified atom stereocenters. The third kappa shape index (κ3) is 7.46. The predicted octanol–water partition coefficient (Wildman–Crippen LogP) is 4.78. The Morgan fingerprint density at radius 2 is 1.55 bits per heavy atom. The Morgan fingerprint density at radius 1 is 0.909 bits per heavy atom. The zero-order valence-corrected chi connectivity index (χ0v) is 25.9. The molecular weight excluding hydrogens is 581 g/mol. The number of nitrogens with one attached hydrogen (secondary N) is 1. The molecule has 3 aromatic rings. The molecule has 232 valence electrons. The summed E-state index contributed by atoms with van der Waals surface area (Å²) < 4.78 is 24.1. The van der Waals surface area contributed by atoms with Crippen LogP contribution in [0.3, 0.4) is 0 Å². The SMILES string of the molecule is CCOc1ccc(N2C(=O)[C@@H](CC(=O)Nc3ccc(OC)cc3)N(CCCN3CCN(c4ccc(F)cc4)CC3)C2=S)cc1. The fourth-order valence-corrected chi connectivity index (χ4v) is 6.01. The monoisotopic (exact) mass is 619 g/mol. The van der Waals surface area contributed by atoms with Crippen LogP contribution in [0.1, 0.15) is 19.8 Å². The first-order chi connectivity index (χ1) is 21.4. The second-order valence-electron chi connectivity index (χ2n) is 10.7. The molecule has 1 N–H and O–H groups in total. The number of benzene rings is 3. The van der Waals surface area contributed by atoms with Crippen molar-refractivity contribution < 1.29 is 23.5 Å². The van der Waals surface area contributed by atoms with Crippen LogP contribution in [0.5, 0.6) is 11.5 Å². The first-order valence-electron chi connectivity index (χ1n) is 14.9. The van der Waals surface area contributed by atoms with E-state index in [4.69, 9.17) is 21.7 Å². The summed E-state index contributed by atoms with van der Waals surface area (Å²) in [6, 6.07) is 20.2. The molecule has 2 amide bonds. The maximum Gasteiger partial charge on any atom is 0.256 e. The van der Waals surface area contributed by atoms with Crippen LogP contribution in [0.15, 0.2) is 72.8 Å².